The Morgan fingerprint density at radius 2 is 2.08 bits per heavy atom. The van der Waals surface area contributed by atoms with E-state index in [9.17, 15) is 0 Å². The Morgan fingerprint density at radius 1 is 1.50 bits per heavy atom. The first-order valence-corrected chi connectivity index (χ1v) is 5.40. The summed E-state index contributed by atoms with van der Waals surface area (Å²) in [5, 5.41) is 0.541. The van der Waals surface area contributed by atoms with E-state index in [4.69, 9.17) is 5.73 Å². The summed E-state index contributed by atoms with van der Waals surface area (Å²) in [6.07, 6.45) is 3.47. The molecule has 1 atom stereocenters. The minimum Gasteiger partial charge on any atom is -0.328 e. The number of piperidine rings is 1. The lowest BCUT2D eigenvalue weighted by molar-refractivity contribution is 0.213. The van der Waals surface area contributed by atoms with Crippen LogP contribution in [0.2, 0.25) is 0 Å². The summed E-state index contributed by atoms with van der Waals surface area (Å²) in [6, 6.07) is 0.446. The molecule has 1 unspecified atom stereocenters. The zero-order chi connectivity index (χ0) is 8.97. The molecule has 0 amide bonds. The van der Waals surface area contributed by atoms with Crippen LogP contribution < -0.4 is 5.73 Å². The molecule has 1 heterocycles. The highest BCUT2D eigenvalue weighted by Gasteiger charge is 2.16. The standard InChI is InChI=1S/C9H20N2S/c1-2-9(12)7-11-5-3-8(10)4-6-11/h8-9,12H,2-7,10H2,1H3. The fourth-order valence-electron chi connectivity index (χ4n) is 1.56. The molecule has 2 nitrogen and oxygen atoms in total. The number of hydrogen-bond acceptors (Lipinski definition) is 3. The molecule has 3 heteroatoms. The van der Waals surface area contributed by atoms with Crippen molar-refractivity contribution in [2.24, 2.45) is 5.73 Å². The van der Waals surface area contributed by atoms with Crippen molar-refractivity contribution in [1.29, 1.82) is 0 Å². The van der Waals surface area contributed by atoms with Gasteiger partial charge in [0.05, 0.1) is 0 Å². The van der Waals surface area contributed by atoms with E-state index >= 15 is 0 Å². The minimum atomic E-state index is 0.446. The molecule has 1 fully saturated rings. The fourth-order valence-corrected chi connectivity index (χ4v) is 1.79. The Balaban J connectivity index is 2.17. The van der Waals surface area contributed by atoms with Gasteiger partial charge in [0.15, 0.2) is 0 Å². The molecule has 0 aromatic rings. The van der Waals surface area contributed by atoms with Gasteiger partial charge in [-0.3, -0.25) is 0 Å². The quantitative estimate of drug-likeness (QED) is 0.650. The highest BCUT2D eigenvalue weighted by Crippen LogP contribution is 2.11. The van der Waals surface area contributed by atoms with Gasteiger partial charge in [0.25, 0.3) is 0 Å². The summed E-state index contributed by atoms with van der Waals surface area (Å²) in [6.45, 7) is 5.65. The second kappa shape index (κ2) is 5.10. The summed E-state index contributed by atoms with van der Waals surface area (Å²) < 4.78 is 0. The smallest absolute Gasteiger partial charge is 0.0142 e. The Hall–Kier alpha value is 0.270. The molecular weight excluding hydrogens is 168 g/mol. The van der Waals surface area contributed by atoms with Gasteiger partial charge >= 0.3 is 0 Å². The lowest BCUT2D eigenvalue weighted by atomic mass is 10.1. The van der Waals surface area contributed by atoms with Crippen molar-refractivity contribution in [3.63, 3.8) is 0 Å². The van der Waals surface area contributed by atoms with Crippen molar-refractivity contribution in [2.75, 3.05) is 19.6 Å². The van der Waals surface area contributed by atoms with Gasteiger partial charge in [-0.15, -0.1) is 0 Å². The first-order chi connectivity index (χ1) is 5.72. The fraction of sp³-hybridized carbons (Fsp3) is 1.00. The van der Waals surface area contributed by atoms with E-state index in [0.29, 0.717) is 11.3 Å². The van der Waals surface area contributed by atoms with E-state index < -0.39 is 0 Å². The molecule has 0 spiro atoms. The zero-order valence-electron chi connectivity index (χ0n) is 7.87. The van der Waals surface area contributed by atoms with Crippen molar-refractivity contribution in [3.8, 4) is 0 Å². The normalized spacial score (nSPS) is 24.2. The second-order valence-corrected chi connectivity index (χ2v) is 4.43. The predicted molar refractivity (Wildman–Crippen MR) is 56.7 cm³/mol. The monoisotopic (exact) mass is 188 g/mol. The zero-order valence-corrected chi connectivity index (χ0v) is 8.76. The van der Waals surface area contributed by atoms with Crippen molar-refractivity contribution < 1.29 is 0 Å². The van der Waals surface area contributed by atoms with Crippen LogP contribution in [0.4, 0.5) is 0 Å². The maximum Gasteiger partial charge on any atom is 0.0142 e. The molecule has 1 saturated heterocycles. The van der Waals surface area contributed by atoms with Crippen LogP contribution in [0.5, 0.6) is 0 Å². The molecule has 0 aromatic carbocycles. The molecule has 0 aromatic heterocycles. The van der Waals surface area contributed by atoms with Crippen LogP contribution >= 0.6 is 12.6 Å². The van der Waals surface area contributed by atoms with E-state index in [1.807, 2.05) is 0 Å². The lowest BCUT2D eigenvalue weighted by Gasteiger charge is -2.31. The Bertz CT molecular complexity index is 122. The largest absolute Gasteiger partial charge is 0.328 e. The van der Waals surface area contributed by atoms with Gasteiger partial charge in [-0.25, -0.2) is 0 Å². The van der Waals surface area contributed by atoms with Crippen LogP contribution in [0.15, 0.2) is 0 Å². The SMILES string of the molecule is CCC(S)CN1CCC(N)CC1. The van der Waals surface area contributed by atoms with Gasteiger partial charge < -0.3 is 10.6 Å². The third-order valence-electron chi connectivity index (χ3n) is 2.57. The number of rotatable bonds is 3. The Morgan fingerprint density at radius 3 is 2.58 bits per heavy atom. The molecule has 0 bridgehead atoms. The highest BCUT2D eigenvalue weighted by molar-refractivity contribution is 7.81. The van der Waals surface area contributed by atoms with Crippen LogP contribution in [0, 0.1) is 0 Å². The van der Waals surface area contributed by atoms with Crippen LogP contribution in [-0.4, -0.2) is 35.8 Å². The lowest BCUT2D eigenvalue weighted by Crippen LogP contribution is -2.41. The Kier molecular flexibility index (Phi) is 4.40. The molecule has 0 saturated carbocycles. The molecule has 12 heavy (non-hydrogen) atoms. The van der Waals surface area contributed by atoms with Gasteiger partial charge in [0, 0.05) is 17.8 Å². The summed E-state index contributed by atoms with van der Waals surface area (Å²) in [5.74, 6) is 0. The van der Waals surface area contributed by atoms with Gasteiger partial charge in [-0.2, -0.15) is 12.6 Å². The highest BCUT2D eigenvalue weighted by atomic mass is 32.1. The van der Waals surface area contributed by atoms with Crippen LogP contribution in [0.1, 0.15) is 26.2 Å². The van der Waals surface area contributed by atoms with Crippen molar-refractivity contribution >= 4 is 12.6 Å². The van der Waals surface area contributed by atoms with E-state index in [-0.39, 0.29) is 0 Å². The van der Waals surface area contributed by atoms with Gasteiger partial charge in [-0.05, 0) is 32.4 Å². The van der Waals surface area contributed by atoms with Gasteiger partial charge in [0.1, 0.15) is 0 Å². The summed E-state index contributed by atoms with van der Waals surface area (Å²) in [7, 11) is 0. The number of nitrogens with zero attached hydrogens (tertiary/aromatic N) is 1. The Labute approximate surface area is 80.9 Å². The average Bonchev–Trinajstić information content (AvgIpc) is 2.09. The van der Waals surface area contributed by atoms with E-state index in [0.717, 1.165) is 38.9 Å². The predicted octanol–water partition coefficient (Wildman–Crippen LogP) is 1.12. The molecule has 2 N–H and O–H groups in total. The van der Waals surface area contributed by atoms with Crippen LogP contribution in [0.25, 0.3) is 0 Å². The van der Waals surface area contributed by atoms with Gasteiger partial charge in [0.2, 0.25) is 0 Å². The second-order valence-electron chi connectivity index (χ2n) is 3.70. The molecule has 72 valence electrons. The first kappa shape index (κ1) is 10.4. The molecule has 1 rings (SSSR count). The molecule has 0 aliphatic carbocycles. The number of nitrogens with two attached hydrogens (primary N) is 1. The van der Waals surface area contributed by atoms with Crippen molar-refractivity contribution in [1.82, 2.24) is 4.90 Å². The average molecular weight is 188 g/mol. The number of thiol groups is 1. The molecule has 0 radical (unpaired) electrons. The number of hydrogen-bond donors (Lipinski definition) is 2. The van der Waals surface area contributed by atoms with Crippen LogP contribution in [0.3, 0.4) is 0 Å². The third kappa shape index (κ3) is 3.33. The summed E-state index contributed by atoms with van der Waals surface area (Å²) in [4.78, 5) is 2.48. The minimum absolute atomic E-state index is 0.446. The third-order valence-corrected chi connectivity index (χ3v) is 3.10. The van der Waals surface area contributed by atoms with Gasteiger partial charge in [-0.1, -0.05) is 6.92 Å². The van der Waals surface area contributed by atoms with Crippen molar-refractivity contribution in [2.45, 2.75) is 37.5 Å². The van der Waals surface area contributed by atoms with Crippen molar-refractivity contribution in [3.05, 3.63) is 0 Å². The van der Waals surface area contributed by atoms with E-state index in [1.54, 1.807) is 0 Å². The maximum atomic E-state index is 5.81. The molecule has 1 aliphatic heterocycles. The topological polar surface area (TPSA) is 29.3 Å². The summed E-state index contributed by atoms with van der Waals surface area (Å²) in [5.41, 5.74) is 5.81. The summed E-state index contributed by atoms with van der Waals surface area (Å²) >= 11 is 4.49. The van der Waals surface area contributed by atoms with E-state index in [2.05, 4.69) is 24.5 Å². The first-order valence-electron chi connectivity index (χ1n) is 4.88. The molecular formula is C9H20N2S. The van der Waals surface area contributed by atoms with E-state index in [1.165, 1.54) is 0 Å². The van der Waals surface area contributed by atoms with Crippen LogP contribution in [-0.2, 0) is 0 Å². The maximum absolute atomic E-state index is 5.81. The molecule has 1 aliphatic rings. The number of likely N-dealkylation sites (tertiary alicyclic amines) is 1.